The molecule has 55 heavy (non-hydrogen) atoms. The Bertz CT molecular complexity index is 1770. The first-order valence-electron chi connectivity index (χ1n) is 18.7. The molecule has 1 aliphatic heterocycles. The maximum Gasteiger partial charge on any atom is 0.324 e. The molecule has 3 aromatic rings. The molecule has 0 spiro atoms. The lowest BCUT2D eigenvalue weighted by Crippen LogP contribution is -2.61. The van der Waals surface area contributed by atoms with Crippen molar-refractivity contribution in [3.63, 3.8) is 0 Å². The van der Waals surface area contributed by atoms with E-state index in [9.17, 15) is 29.1 Å². The van der Waals surface area contributed by atoms with E-state index in [1.165, 1.54) is 0 Å². The summed E-state index contributed by atoms with van der Waals surface area (Å²) in [6.45, 7) is 0.773. The average Bonchev–Trinajstić information content (AvgIpc) is 3.20. The number of carbonyl (C=O) groups is 5. The molecule has 0 saturated carbocycles. The van der Waals surface area contributed by atoms with Crippen LogP contribution < -0.4 is 32.7 Å². The van der Waals surface area contributed by atoms with Gasteiger partial charge in [-0.3, -0.25) is 24.0 Å². The summed E-state index contributed by atoms with van der Waals surface area (Å²) < 4.78 is 0. The number of hydrogen-bond donors (Lipinski definition) is 7. The number of piperidine rings is 1. The van der Waals surface area contributed by atoms with E-state index in [0.29, 0.717) is 24.9 Å². The van der Waals surface area contributed by atoms with Crippen molar-refractivity contribution in [1.82, 2.24) is 26.2 Å². The normalized spacial score (nSPS) is 15.6. The van der Waals surface area contributed by atoms with Gasteiger partial charge in [0.1, 0.15) is 23.7 Å². The zero-order chi connectivity index (χ0) is 39.6. The second kappa shape index (κ2) is 21.4. The minimum atomic E-state index is -1.20. The average molecular weight is 752 g/mol. The number of carboxylic acid groups (broad SMARTS) is 1. The zero-order valence-electron chi connectivity index (χ0n) is 31.3. The van der Waals surface area contributed by atoms with E-state index < -0.39 is 53.4 Å². The van der Waals surface area contributed by atoms with Crippen molar-refractivity contribution in [2.45, 2.75) is 81.1 Å². The van der Waals surface area contributed by atoms with Crippen LogP contribution in [0.1, 0.15) is 55.2 Å². The lowest BCUT2D eigenvalue weighted by molar-refractivity contribution is -0.149. The molecule has 4 atom stereocenters. The third-order valence-electron chi connectivity index (χ3n) is 9.87. The molecule has 1 saturated heterocycles. The van der Waals surface area contributed by atoms with Gasteiger partial charge in [0.25, 0.3) is 0 Å². The van der Waals surface area contributed by atoms with Crippen molar-refractivity contribution in [3.8, 4) is 11.8 Å². The topological polar surface area (TPSA) is 209 Å². The fraction of sp³-hybridized carbons (Fsp3) is 0.405. The molecular formula is C42H53N7O6. The summed E-state index contributed by atoms with van der Waals surface area (Å²) in [5, 5.41) is 21.2. The van der Waals surface area contributed by atoms with Gasteiger partial charge in [-0.2, -0.15) is 0 Å². The summed E-state index contributed by atoms with van der Waals surface area (Å²) in [5.41, 5.74) is 13.3. The summed E-state index contributed by atoms with van der Waals surface area (Å²) in [6, 6.07) is 23.5. The molecule has 0 aliphatic carbocycles. The van der Waals surface area contributed by atoms with Crippen molar-refractivity contribution in [3.05, 3.63) is 108 Å². The molecule has 0 bridgehead atoms. The quantitative estimate of drug-likeness (QED) is 0.0741. The largest absolute Gasteiger partial charge is 0.480 e. The number of benzene rings is 3. The maximum absolute atomic E-state index is 14.1. The molecule has 9 N–H and O–H groups in total. The van der Waals surface area contributed by atoms with Crippen molar-refractivity contribution in [2.75, 3.05) is 26.7 Å². The van der Waals surface area contributed by atoms with E-state index in [1.54, 1.807) is 11.9 Å². The van der Waals surface area contributed by atoms with E-state index >= 15 is 0 Å². The predicted octanol–water partition coefficient (Wildman–Crippen LogP) is 1.49. The number of unbranched alkanes of at least 4 members (excludes halogenated alkanes) is 1. The number of amides is 4. The molecule has 1 heterocycles. The fourth-order valence-electron chi connectivity index (χ4n) is 6.48. The molecule has 13 heteroatoms. The van der Waals surface area contributed by atoms with Crippen LogP contribution in [0, 0.1) is 11.8 Å². The summed E-state index contributed by atoms with van der Waals surface area (Å²) in [6.07, 6.45) is 2.15. The number of carbonyl (C=O) groups excluding carboxylic acids is 4. The van der Waals surface area contributed by atoms with Gasteiger partial charge in [-0.1, -0.05) is 90.7 Å². The van der Waals surface area contributed by atoms with Crippen LogP contribution in [0.2, 0.25) is 0 Å². The molecule has 4 rings (SSSR count). The van der Waals surface area contributed by atoms with Gasteiger partial charge in [-0.15, -0.1) is 0 Å². The summed E-state index contributed by atoms with van der Waals surface area (Å²) in [5.74, 6) is 2.93. The summed E-state index contributed by atoms with van der Waals surface area (Å²) >= 11 is 0. The van der Waals surface area contributed by atoms with Crippen LogP contribution in [-0.2, 0) is 36.8 Å². The second-order valence-electron chi connectivity index (χ2n) is 13.8. The second-order valence-corrected chi connectivity index (χ2v) is 13.8. The van der Waals surface area contributed by atoms with E-state index in [-0.39, 0.29) is 57.5 Å². The number of nitrogens with zero attached hydrogens (tertiary/aromatic N) is 1. The van der Waals surface area contributed by atoms with Gasteiger partial charge in [-0.25, -0.2) is 0 Å². The van der Waals surface area contributed by atoms with Gasteiger partial charge in [0, 0.05) is 31.5 Å². The van der Waals surface area contributed by atoms with Crippen LogP contribution in [0.25, 0.3) is 0 Å². The number of rotatable bonds is 18. The van der Waals surface area contributed by atoms with Crippen molar-refractivity contribution in [1.29, 1.82) is 0 Å². The molecule has 13 nitrogen and oxygen atoms in total. The molecule has 4 amide bonds. The van der Waals surface area contributed by atoms with Crippen molar-refractivity contribution in [2.24, 2.45) is 11.5 Å². The van der Waals surface area contributed by atoms with Crippen LogP contribution in [0.5, 0.6) is 0 Å². The molecule has 1 fully saturated rings. The first kappa shape index (κ1) is 42.2. The minimum Gasteiger partial charge on any atom is -0.480 e. The van der Waals surface area contributed by atoms with E-state index in [0.717, 1.165) is 11.1 Å². The number of nitrogens with one attached hydrogen (secondary N) is 4. The molecule has 0 aromatic heterocycles. The van der Waals surface area contributed by atoms with Gasteiger partial charge >= 0.3 is 5.97 Å². The Labute approximate surface area is 323 Å². The Balaban J connectivity index is 1.56. The van der Waals surface area contributed by atoms with Crippen molar-refractivity contribution < 1.29 is 29.1 Å². The Morgan fingerprint density at radius 3 is 1.84 bits per heavy atom. The van der Waals surface area contributed by atoms with E-state index in [4.69, 9.17) is 11.5 Å². The number of carboxylic acids is 1. The molecular weight excluding hydrogens is 699 g/mol. The number of likely N-dealkylation sites (N-methyl/N-ethyl adjacent to an activating group) is 1. The Hall–Kier alpha value is -5.55. The van der Waals surface area contributed by atoms with Crippen LogP contribution in [0.4, 0.5) is 0 Å². The lowest BCUT2D eigenvalue weighted by Gasteiger charge is -2.40. The molecule has 3 aromatic carbocycles. The molecule has 292 valence electrons. The van der Waals surface area contributed by atoms with Gasteiger partial charge in [0.15, 0.2) is 0 Å². The van der Waals surface area contributed by atoms with Crippen LogP contribution >= 0.6 is 0 Å². The SMILES string of the molecule is CNC1(C(=O)O)CCN(C(=O)[C@@H](CCCCN)NC(=O)[C@@H](CC#Cc2ccccc2)NC(=O)[C@@H](Cc2ccccc2)NC(=O)[C@H](N)Cc2ccccc2)CC1. The smallest absolute Gasteiger partial charge is 0.324 e. The highest BCUT2D eigenvalue weighted by Crippen LogP contribution is 2.23. The third kappa shape index (κ3) is 12.8. The van der Waals surface area contributed by atoms with Gasteiger partial charge in [0.2, 0.25) is 23.6 Å². The molecule has 1 aliphatic rings. The summed E-state index contributed by atoms with van der Waals surface area (Å²) in [4.78, 5) is 69.1. The number of hydrogen-bond acceptors (Lipinski definition) is 8. The van der Waals surface area contributed by atoms with E-state index in [1.807, 2.05) is 91.0 Å². The van der Waals surface area contributed by atoms with Gasteiger partial charge in [-0.05, 0) is 75.4 Å². The first-order chi connectivity index (χ1) is 26.5. The standard InChI is InChI=1S/C42H53N7O6/c1-45-42(41(54)55)23-26-49(27-24-42)40(53)35(21-11-12-25-43)47-38(51)34(22-13-20-30-14-5-2-6-15-30)46-39(52)36(29-32-18-9-4-10-19-32)48-37(50)33(44)28-31-16-7-3-8-17-31/h2-10,14-19,33-36,45H,11-12,21-29,43-44H2,1H3,(H,46,52)(H,47,51)(H,48,50)(H,54,55)/t33-,34-,35-,36-/m1/s1. The molecule has 0 radical (unpaired) electrons. The van der Waals surface area contributed by atoms with E-state index in [2.05, 4.69) is 33.1 Å². The number of nitrogens with two attached hydrogens (primary N) is 2. The Morgan fingerprint density at radius 1 is 0.745 bits per heavy atom. The lowest BCUT2D eigenvalue weighted by atomic mass is 9.87. The minimum absolute atomic E-state index is 0.0945. The zero-order valence-corrected chi connectivity index (χ0v) is 31.3. The fourth-order valence-corrected chi connectivity index (χ4v) is 6.48. The number of likely N-dealkylation sites (tertiary alicyclic amines) is 1. The predicted molar refractivity (Wildman–Crippen MR) is 210 cm³/mol. The van der Waals surface area contributed by atoms with Gasteiger partial charge in [0.05, 0.1) is 6.04 Å². The summed E-state index contributed by atoms with van der Waals surface area (Å²) in [7, 11) is 1.59. The highest BCUT2D eigenvalue weighted by atomic mass is 16.4. The van der Waals surface area contributed by atoms with Gasteiger partial charge < -0.3 is 42.7 Å². The molecule has 0 unspecified atom stereocenters. The monoisotopic (exact) mass is 751 g/mol. The van der Waals surface area contributed by atoms with Crippen LogP contribution in [0.15, 0.2) is 91.0 Å². The Morgan fingerprint density at radius 2 is 1.27 bits per heavy atom. The van der Waals surface area contributed by atoms with Crippen molar-refractivity contribution >= 4 is 29.6 Å². The third-order valence-corrected chi connectivity index (χ3v) is 9.87. The highest BCUT2D eigenvalue weighted by molar-refractivity contribution is 5.95. The maximum atomic E-state index is 14.1. The van der Waals surface area contributed by atoms with Crippen LogP contribution in [0.3, 0.4) is 0 Å². The highest BCUT2D eigenvalue weighted by Gasteiger charge is 2.42. The first-order valence-corrected chi connectivity index (χ1v) is 18.7. The Kier molecular flexibility index (Phi) is 16.4. The number of aliphatic carboxylic acids is 1. The van der Waals surface area contributed by atoms with Crippen LogP contribution in [-0.4, -0.2) is 96.0 Å².